The zero-order valence-electron chi connectivity index (χ0n) is 16.9. The quantitative estimate of drug-likeness (QED) is 0.534. The molecule has 2 aromatic rings. The molecule has 0 saturated carbocycles. The second kappa shape index (κ2) is 9.71. The van der Waals surface area contributed by atoms with Crippen LogP contribution in [0.3, 0.4) is 0 Å². The summed E-state index contributed by atoms with van der Waals surface area (Å²) in [7, 11) is -4.23. The molecule has 168 valence electrons. The third-order valence-corrected chi connectivity index (χ3v) is 5.94. The van der Waals surface area contributed by atoms with Crippen LogP contribution in [-0.2, 0) is 23.1 Å². The predicted octanol–water partition coefficient (Wildman–Crippen LogP) is 1.24. The number of hydrogen-bond donors (Lipinski definition) is 2. The number of carbonyl (C=O) groups excluding carboxylic acids is 1. The lowest BCUT2D eigenvalue weighted by Gasteiger charge is -2.21. The zero-order valence-corrected chi connectivity index (χ0v) is 17.8. The van der Waals surface area contributed by atoms with Gasteiger partial charge in [0.1, 0.15) is 24.7 Å². The Morgan fingerprint density at radius 3 is 2.58 bits per heavy atom. The number of nitrogens with one attached hydrogen (secondary N) is 1. The van der Waals surface area contributed by atoms with E-state index < -0.39 is 56.6 Å². The number of rotatable bonds is 9. The van der Waals surface area contributed by atoms with Crippen molar-refractivity contribution >= 4 is 13.6 Å². The molecule has 31 heavy (non-hydrogen) atoms. The molecule has 11 nitrogen and oxygen atoms in total. The molecule has 1 saturated heterocycles. The molecule has 3 rings (SSSR count). The Labute approximate surface area is 177 Å². The molecule has 0 amide bonds. The van der Waals surface area contributed by atoms with Crippen molar-refractivity contribution < 1.29 is 32.8 Å². The molecular formula is C19H23N2O9P. The second-order valence-electron chi connectivity index (χ2n) is 7.05. The van der Waals surface area contributed by atoms with E-state index in [1.807, 2.05) is 0 Å². The molecule has 2 N–H and O–H groups in total. The lowest BCUT2D eigenvalue weighted by molar-refractivity contribution is -0.119. The maximum atomic E-state index is 13.0. The molecule has 1 aliphatic rings. The van der Waals surface area contributed by atoms with E-state index in [2.05, 4.69) is 4.98 Å². The third-order valence-electron chi connectivity index (χ3n) is 4.59. The number of aliphatic hydroxyl groups is 1. The SMILES string of the molecule is CC(=O)COP(=O)(OC[C@H]1O[C@@H](n2ccc(=O)[nH]c2=O)[C@@H](C)[C@@H]1O)Oc1ccccc1. The van der Waals surface area contributed by atoms with Gasteiger partial charge in [-0.25, -0.2) is 9.36 Å². The number of aromatic amines is 1. The Morgan fingerprint density at radius 1 is 1.23 bits per heavy atom. The third kappa shape index (κ3) is 5.78. The number of hydrogen-bond acceptors (Lipinski definition) is 9. The molecule has 12 heteroatoms. The molecule has 1 aliphatic heterocycles. The Kier molecular flexibility index (Phi) is 7.24. The minimum atomic E-state index is -4.23. The highest BCUT2D eigenvalue weighted by Crippen LogP contribution is 2.50. The summed E-state index contributed by atoms with van der Waals surface area (Å²) in [5.74, 6) is -0.734. The van der Waals surface area contributed by atoms with Gasteiger partial charge in [0.15, 0.2) is 5.78 Å². The van der Waals surface area contributed by atoms with Crippen molar-refractivity contribution in [1.82, 2.24) is 9.55 Å². The van der Waals surface area contributed by atoms with Gasteiger partial charge >= 0.3 is 13.5 Å². The van der Waals surface area contributed by atoms with Crippen molar-refractivity contribution in [2.45, 2.75) is 32.3 Å². The van der Waals surface area contributed by atoms with E-state index in [0.29, 0.717) is 0 Å². The van der Waals surface area contributed by atoms with Crippen LogP contribution in [0, 0.1) is 5.92 Å². The Balaban J connectivity index is 1.73. The molecule has 0 bridgehead atoms. The number of carbonyl (C=O) groups is 1. The maximum absolute atomic E-state index is 13.0. The first-order valence-electron chi connectivity index (χ1n) is 9.47. The van der Waals surface area contributed by atoms with Gasteiger partial charge in [0.2, 0.25) is 0 Å². The van der Waals surface area contributed by atoms with Gasteiger partial charge < -0.3 is 14.4 Å². The zero-order chi connectivity index (χ0) is 22.6. The number of phosphoric acid groups is 1. The van der Waals surface area contributed by atoms with Crippen LogP contribution in [0.2, 0.25) is 0 Å². The normalized spacial score (nSPS) is 25.1. The van der Waals surface area contributed by atoms with Crippen LogP contribution in [0.4, 0.5) is 0 Å². The van der Waals surface area contributed by atoms with Gasteiger partial charge in [-0.1, -0.05) is 25.1 Å². The molecule has 1 fully saturated rings. The van der Waals surface area contributed by atoms with Crippen molar-refractivity contribution in [3.63, 3.8) is 0 Å². The van der Waals surface area contributed by atoms with Gasteiger partial charge in [-0.05, 0) is 19.1 Å². The topological polar surface area (TPSA) is 146 Å². The highest BCUT2D eigenvalue weighted by molar-refractivity contribution is 7.49. The van der Waals surface area contributed by atoms with Gasteiger partial charge in [0, 0.05) is 18.2 Å². The highest BCUT2D eigenvalue weighted by Gasteiger charge is 2.44. The first-order valence-corrected chi connectivity index (χ1v) is 10.9. The summed E-state index contributed by atoms with van der Waals surface area (Å²) in [6.07, 6.45) is -1.69. The van der Waals surface area contributed by atoms with Crippen molar-refractivity contribution in [2.75, 3.05) is 13.2 Å². The number of phosphoric ester groups is 1. The number of benzene rings is 1. The minimum Gasteiger partial charge on any atom is -0.404 e. The second-order valence-corrected chi connectivity index (χ2v) is 8.65. The number of para-hydroxylation sites is 1. The smallest absolute Gasteiger partial charge is 0.404 e. The van der Waals surface area contributed by atoms with Gasteiger partial charge in [-0.3, -0.25) is 28.2 Å². The standard InChI is InChI=1S/C19H23N2O9P/c1-12(22)10-27-31(26,30-14-6-4-3-5-7-14)28-11-15-17(24)13(2)18(29-15)21-9-8-16(23)20-19(21)25/h3-9,13,15,17-18,24H,10-11H2,1-2H3,(H,20,23,25)/t13-,15+,17-,18+,31?/m0/s1. The summed E-state index contributed by atoms with van der Waals surface area (Å²) < 4.78 is 35.7. The molecule has 1 aromatic heterocycles. The van der Waals surface area contributed by atoms with Gasteiger partial charge in [-0.15, -0.1) is 0 Å². The average molecular weight is 454 g/mol. The lowest BCUT2D eigenvalue weighted by Crippen LogP contribution is -2.33. The number of aromatic nitrogens is 2. The van der Waals surface area contributed by atoms with Crippen LogP contribution in [-0.4, -0.2) is 45.9 Å². The summed E-state index contributed by atoms with van der Waals surface area (Å²) in [5.41, 5.74) is -1.25. The molecule has 1 aromatic carbocycles. The van der Waals surface area contributed by atoms with Crippen LogP contribution < -0.4 is 15.8 Å². The van der Waals surface area contributed by atoms with Crippen LogP contribution in [0.25, 0.3) is 0 Å². The summed E-state index contributed by atoms with van der Waals surface area (Å²) in [4.78, 5) is 36.7. The fourth-order valence-corrected chi connectivity index (χ4v) is 4.24. The molecule has 5 atom stereocenters. The summed E-state index contributed by atoms with van der Waals surface area (Å²) in [5, 5.41) is 10.5. The van der Waals surface area contributed by atoms with Crippen LogP contribution in [0.15, 0.2) is 52.2 Å². The van der Waals surface area contributed by atoms with Crippen LogP contribution in [0.5, 0.6) is 5.75 Å². The maximum Gasteiger partial charge on any atom is 0.530 e. The number of Topliss-reactive ketones (excluding diaryl/α,β-unsaturated/α-hetero) is 1. The first kappa shape index (κ1) is 23.1. The van der Waals surface area contributed by atoms with Crippen LogP contribution >= 0.6 is 7.82 Å². The molecule has 1 unspecified atom stereocenters. The molecule has 0 radical (unpaired) electrons. The molecular weight excluding hydrogens is 431 g/mol. The Hall–Kier alpha value is -2.56. The monoisotopic (exact) mass is 454 g/mol. The molecule has 0 aliphatic carbocycles. The van der Waals surface area contributed by atoms with E-state index in [-0.39, 0.29) is 11.5 Å². The Morgan fingerprint density at radius 2 is 1.94 bits per heavy atom. The van der Waals surface area contributed by atoms with Crippen LogP contribution in [0.1, 0.15) is 20.1 Å². The average Bonchev–Trinajstić information content (AvgIpc) is 3.00. The van der Waals surface area contributed by atoms with Crippen molar-refractivity contribution in [3.05, 3.63) is 63.4 Å². The number of ether oxygens (including phenoxy) is 1. The predicted molar refractivity (Wildman–Crippen MR) is 108 cm³/mol. The van der Waals surface area contributed by atoms with Crippen molar-refractivity contribution in [3.8, 4) is 5.75 Å². The fraction of sp³-hybridized carbons (Fsp3) is 0.421. The number of aliphatic hydroxyl groups excluding tert-OH is 1. The first-order chi connectivity index (χ1) is 14.7. The van der Waals surface area contributed by atoms with E-state index in [9.17, 15) is 24.1 Å². The lowest BCUT2D eigenvalue weighted by atomic mass is 10.0. The summed E-state index contributed by atoms with van der Waals surface area (Å²) in [6, 6.07) is 9.28. The minimum absolute atomic E-state index is 0.202. The van der Waals surface area contributed by atoms with E-state index >= 15 is 0 Å². The summed E-state index contributed by atoms with van der Waals surface area (Å²) in [6.45, 7) is 2.01. The number of nitrogens with zero attached hydrogens (tertiary/aromatic N) is 1. The highest BCUT2D eigenvalue weighted by atomic mass is 31.2. The molecule has 2 heterocycles. The van der Waals surface area contributed by atoms with Gasteiger partial charge in [-0.2, -0.15) is 0 Å². The number of H-pyrrole nitrogens is 1. The van der Waals surface area contributed by atoms with E-state index in [0.717, 1.165) is 10.6 Å². The van der Waals surface area contributed by atoms with E-state index in [1.54, 1.807) is 25.1 Å². The van der Waals surface area contributed by atoms with Crippen molar-refractivity contribution in [1.29, 1.82) is 0 Å². The largest absolute Gasteiger partial charge is 0.530 e. The Bertz CT molecular complexity index is 1070. The van der Waals surface area contributed by atoms with E-state index in [1.165, 1.54) is 25.3 Å². The van der Waals surface area contributed by atoms with Gasteiger partial charge in [0.25, 0.3) is 5.56 Å². The number of ketones is 1. The van der Waals surface area contributed by atoms with E-state index in [4.69, 9.17) is 18.3 Å². The van der Waals surface area contributed by atoms with Crippen molar-refractivity contribution in [2.24, 2.45) is 5.92 Å². The fourth-order valence-electron chi connectivity index (χ4n) is 3.01. The van der Waals surface area contributed by atoms with Gasteiger partial charge in [0.05, 0.1) is 12.7 Å². The molecule has 0 spiro atoms. The summed E-state index contributed by atoms with van der Waals surface area (Å²) >= 11 is 0.